The first-order valence-corrected chi connectivity index (χ1v) is 11.6. The van der Waals surface area contributed by atoms with Crippen molar-refractivity contribution in [3.05, 3.63) is 35.9 Å². The number of ether oxygens (including phenoxy) is 1. The molecule has 27 heavy (non-hydrogen) atoms. The molecule has 150 valence electrons. The minimum absolute atomic E-state index is 0.391. The van der Waals surface area contributed by atoms with Gasteiger partial charge in [0, 0.05) is 46.2 Å². The van der Waals surface area contributed by atoms with Crippen molar-refractivity contribution in [3.8, 4) is 0 Å². The van der Waals surface area contributed by atoms with E-state index in [1.165, 1.54) is 11.8 Å². The van der Waals surface area contributed by atoms with E-state index in [1.54, 1.807) is 7.05 Å². The average Bonchev–Trinajstić information content (AvgIpc) is 3.11. The second kappa shape index (κ2) is 8.61. The van der Waals surface area contributed by atoms with Crippen LogP contribution < -0.4 is 5.32 Å². The van der Waals surface area contributed by atoms with E-state index in [0.717, 1.165) is 31.9 Å². The van der Waals surface area contributed by atoms with Crippen LogP contribution in [0.3, 0.4) is 0 Å². The van der Waals surface area contributed by atoms with Gasteiger partial charge in [-0.1, -0.05) is 30.3 Å². The molecule has 7 heteroatoms. The highest BCUT2D eigenvalue weighted by Crippen LogP contribution is 2.29. The Morgan fingerprint density at radius 2 is 2.00 bits per heavy atom. The summed E-state index contributed by atoms with van der Waals surface area (Å²) in [7, 11) is -1.41. The number of guanidine groups is 1. The van der Waals surface area contributed by atoms with Crippen LogP contribution in [0.2, 0.25) is 0 Å². The first-order chi connectivity index (χ1) is 12.9. The van der Waals surface area contributed by atoms with E-state index in [9.17, 15) is 8.42 Å². The standard InChI is InChI=1S/C20H31N3O3S/c1-21-19(22-16-20(27(2,24)25)9-12-26-13-10-20)23-11-8-18(15-23)14-17-6-4-3-5-7-17/h3-7,18H,8-16H2,1-2H3,(H,21,22). The van der Waals surface area contributed by atoms with Gasteiger partial charge < -0.3 is 15.0 Å². The molecule has 1 aromatic rings. The van der Waals surface area contributed by atoms with Gasteiger partial charge in [0.25, 0.3) is 0 Å². The van der Waals surface area contributed by atoms with Gasteiger partial charge in [-0.05, 0) is 37.2 Å². The predicted octanol–water partition coefficient (Wildman–Crippen LogP) is 1.72. The summed E-state index contributed by atoms with van der Waals surface area (Å²) < 4.78 is 29.5. The number of benzene rings is 1. The van der Waals surface area contributed by atoms with E-state index in [2.05, 4.69) is 39.5 Å². The van der Waals surface area contributed by atoms with Gasteiger partial charge in [-0.2, -0.15) is 0 Å². The first-order valence-electron chi connectivity index (χ1n) is 9.70. The van der Waals surface area contributed by atoms with Crippen molar-refractivity contribution >= 4 is 15.8 Å². The summed E-state index contributed by atoms with van der Waals surface area (Å²) in [5.41, 5.74) is 1.37. The monoisotopic (exact) mass is 393 g/mol. The molecule has 2 fully saturated rings. The van der Waals surface area contributed by atoms with E-state index >= 15 is 0 Å². The fraction of sp³-hybridized carbons (Fsp3) is 0.650. The van der Waals surface area contributed by atoms with Gasteiger partial charge in [-0.25, -0.2) is 8.42 Å². The summed E-state index contributed by atoms with van der Waals surface area (Å²) in [6, 6.07) is 10.6. The number of aliphatic imine (C=N–C) groups is 1. The van der Waals surface area contributed by atoms with Crippen molar-refractivity contribution in [1.29, 1.82) is 0 Å². The average molecular weight is 394 g/mol. The van der Waals surface area contributed by atoms with Crippen molar-refractivity contribution in [2.45, 2.75) is 30.4 Å². The molecular formula is C20H31N3O3S. The van der Waals surface area contributed by atoms with Crippen molar-refractivity contribution in [2.75, 3.05) is 46.2 Å². The molecule has 2 heterocycles. The summed E-state index contributed by atoms with van der Waals surface area (Å²) in [5.74, 6) is 1.40. The lowest BCUT2D eigenvalue weighted by atomic mass is 9.99. The van der Waals surface area contributed by atoms with Crippen LogP contribution in [0.1, 0.15) is 24.8 Å². The Morgan fingerprint density at radius 1 is 1.30 bits per heavy atom. The number of sulfone groups is 1. The van der Waals surface area contributed by atoms with Gasteiger partial charge in [0.15, 0.2) is 15.8 Å². The fourth-order valence-corrected chi connectivity index (χ4v) is 5.38. The third-order valence-corrected chi connectivity index (χ3v) is 8.05. The summed E-state index contributed by atoms with van der Waals surface area (Å²) >= 11 is 0. The molecule has 2 saturated heterocycles. The Hall–Kier alpha value is -1.60. The highest BCUT2D eigenvalue weighted by atomic mass is 32.2. The molecule has 1 unspecified atom stereocenters. The Kier molecular flexibility index (Phi) is 6.42. The molecular weight excluding hydrogens is 362 g/mol. The topological polar surface area (TPSA) is 71.0 Å². The lowest BCUT2D eigenvalue weighted by molar-refractivity contribution is 0.0755. The maximum atomic E-state index is 12.4. The molecule has 0 radical (unpaired) electrons. The molecule has 0 aromatic heterocycles. The molecule has 6 nitrogen and oxygen atoms in total. The molecule has 0 aliphatic carbocycles. The van der Waals surface area contributed by atoms with E-state index in [-0.39, 0.29) is 0 Å². The molecule has 1 atom stereocenters. The molecule has 2 aliphatic rings. The van der Waals surface area contributed by atoms with Crippen molar-refractivity contribution in [3.63, 3.8) is 0 Å². The maximum absolute atomic E-state index is 12.4. The zero-order valence-corrected chi connectivity index (χ0v) is 17.2. The zero-order chi connectivity index (χ0) is 19.3. The van der Waals surface area contributed by atoms with Crippen LogP contribution >= 0.6 is 0 Å². The van der Waals surface area contributed by atoms with Gasteiger partial charge in [0.2, 0.25) is 0 Å². The van der Waals surface area contributed by atoms with Crippen LogP contribution in [0.15, 0.2) is 35.3 Å². The second-order valence-corrected chi connectivity index (χ2v) is 10.2. The lowest BCUT2D eigenvalue weighted by Crippen LogP contribution is -2.54. The first kappa shape index (κ1) is 20.1. The van der Waals surface area contributed by atoms with Gasteiger partial charge in [-0.15, -0.1) is 0 Å². The van der Waals surface area contributed by atoms with Crippen molar-refractivity contribution in [1.82, 2.24) is 10.2 Å². The molecule has 1 N–H and O–H groups in total. The number of rotatable bonds is 5. The van der Waals surface area contributed by atoms with Gasteiger partial charge in [0.05, 0.1) is 4.75 Å². The van der Waals surface area contributed by atoms with E-state index in [0.29, 0.717) is 38.5 Å². The number of nitrogens with one attached hydrogen (secondary N) is 1. The third kappa shape index (κ3) is 4.82. The smallest absolute Gasteiger partial charge is 0.193 e. The number of likely N-dealkylation sites (tertiary alicyclic amines) is 1. The minimum atomic E-state index is -3.18. The van der Waals surface area contributed by atoms with Crippen LogP contribution in [-0.2, 0) is 21.0 Å². The van der Waals surface area contributed by atoms with E-state index in [4.69, 9.17) is 4.74 Å². The van der Waals surface area contributed by atoms with Crippen LogP contribution in [0, 0.1) is 5.92 Å². The molecule has 2 aliphatic heterocycles. The third-order valence-electron chi connectivity index (χ3n) is 5.92. The normalized spacial score (nSPS) is 23.4. The number of nitrogens with zero attached hydrogens (tertiary/aromatic N) is 2. The fourth-order valence-electron chi connectivity index (χ4n) is 4.13. The SMILES string of the molecule is CN=C(NCC1(S(C)(=O)=O)CCOCC1)N1CCC(Cc2ccccc2)C1. The highest BCUT2D eigenvalue weighted by Gasteiger charge is 2.42. The summed E-state index contributed by atoms with van der Waals surface area (Å²) in [5, 5.41) is 3.35. The quantitative estimate of drug-likeness (QED) is 0.609. The molecule has 0 spiro atoms. The largest absolute Gasteiger partial charge is 0.381 e. The van der Waals surface area contributed by atoms with Gasteiger partial charge in [-0.3, -0.25) is 4.99 Å². The minimum Gasteiger partial charge on any atom is -0.381 e. The van der Waals surface area contributed by atoms with Crippen LogP contribution in [0.5, 0.6) is 0 Å². The van der Waals surface area contributed by atoms with Crippen LogP contribution in [-0.4, -0.2) is 70.2 Å². The molecule has 3 rings (SSSR count). The number of hydrogen-bond acceptors (Lipinski definition) is 4. The maximum Gasteiger partial charge on any atom is 0.193 e. The zero-order valence-electron chi connectivity index (χ0n) is 16.4. The summed E-state index contributed by atoms with van der Waals surface area (Å²) in [4.78, 5) is 6.67. The Balaban J connectivity index is 1.59. The highest BCUT2D eigenvalue weighted by molar-refractivity contribution is 7.92. The molecule has 1 aromatic carbocycles. The molecule has 0 saturated carbocycles. The Labute approximate surface area is 162 Å². The second-order valence-electron chi connectivity index (χ2n) is 7.76. The van der Waals surface area contributed by atoms with Crippen molar-refractivity contribution < 1.29 is 13.2 Å². The number of hydrogen-bond donors (Lipinski definition) is 1. The van der Waals surface area contributed by atoms with Crippen LogP contribution in [0.25, 0.3) is 0 Å². The van der Waals surface area contributed by atoms with E-state index < -0.39 is 14.6 Å². The van der Waals surface area contributed by atoms with E-state index in [1.807, 2.05) is 6.07 Å². The van der Waals surface area contributed by atoms with Gasteiger partial charge >= 0.3 is 0 Å². The molecule has 0 bridgehead atoms. The Morgan fingerprint density at radius 3 is 2.63 bits per heavy atom. The molecule has 0 amide bonds. The Bertz CT molecular complexity index is 743. The predicted molar refractivity (Wildman–Crippen MR) is 109 cm³/mol. The summed E-state index contributed by atoms with van der Waals surface area (Å²) in [6.45, 7) is 3.28. The lowest BCUT2D eigenvalue weighted by Gasteiger charge is -2.36. The van der Waals surface area contributed by atoms with Gasteiger partial charge in [0.1, 0.15) is 0 Å². The summed E-state index contributed by atoms with van der Waals surface area (Å²) in [6.07, 6.45) is 4.60. The van der Waals surface area contributed by atoms with Crippen LogP contribution in [0.4, 0.5) is 0 Å². The van der Waals surface area contributed by atoms with Crippen molar-refractivity contribution in [2.24, 2.45) is 10.9 Å².